The van der Waals surface area contributed by atoms with E-state index in [2.05, 4.69) is 0 Å². The van der Waals surface area contributed by atoms with Crippen LogP contribution in [0.3, 0.4) is 0 Å². The van der Waals surface area contributed by atoms with E-state index < -0.39 is 0 Å². The van der Waals surface area contributed by atoms with E-state index in [1.807, 2.05) is 39.5 Å². The van der Waals surface area contributed by atoms with E-state index in [0.29, 0.717) is 18.2 Å². The average molecular weight is 245 g/mol. The fraction of sp³-hybridized carbons (Fsp3) is 0.833. The summed E-state index contributed by atoms with van der Waals surface area (Å²) in [6.45, 7) is 11.9. The van der Waals surface area contributed by atoms with Crippen molar-refractivity contribution in [3.63, 3.8) is 0 Å². The lowest BCUT2D eigenvalue weighted by Crippen LogP contribution is -2.32. The highest BCUT2D eigenvalue weighted by Gasteiger charge is 2.20. The molecule has 0 radical (unpaired) electrons. The number of ketones is 1. The third kappa shape index (κ3) is 5.45. The van der Waals surface area contributed by atoms with Gasteiger partial charge in [-0.3, -0.25) is 4.79 Å². The van der Waals surface area contributed by atoms with Crippen molar-refractivity contribution in [2.75, 3.05) is 19.7 Å². The summed E-state index contributed by atoms with van der Waals surface area (Å²) in [6, 6.07) is 0. The fourth-order valence-electron chi connectivity index (χ4n) is 1.18. The minimum Gasteiger partial charge on any atom is -0.470 e. The molecular weight excluding hydrogens is 222 g/mol. The second-order valence-electron chi connectivity index (χ2n) is 4.71. The van der Waals surface area contributed by atoms with Gasteiger partial charge in [-0.05, 0) is 26.1 Å². The Bertz CT molecular complexity index is 242. The van der Waals surface area contributed by atoms with Gasteiger partial charge in [0, 0.05) is 24.9 Å². The second-order valence-corrected chi connectivity index (χ2v) is 5.06. The van der Waals surface area contributed by atoms with Crippen molar-refractivity contribution < 1.29 is 9.53 Å². The molecule has 0 amide bonds. The number of ether oxygens (including phenoxy) is 1. The molecular formula is C12H23NO2S. The van der Waals surface area contributed by atoms with E-state index in [1.165, 1.54) is 0 Å². The van der Waals surface area contributed by atoms with Crippen molar-refractivity contribution in [2.24, 2.45) is 5.41 Å². The molecule has 0 saturated heterocycles. The smallest absolute Gasteiger partial charge is 0.259 e. The molecule has 3 nitrogen and oxygen atoms in total. The molecule has 0 rings (SSSR count). The summed E-state index contributed by atoms with van der Waals surface area (Å²) in [7, 11) is 0. The van der Waals surface area contributed by atoms with Gasteiger partial charge in [0.1, 0.15) is 5.78 Å². The topological polar surface area (TPSA) is 29.5 Å². The Labute approximate surface area is 104 Å². The first-order chi connectivity index (χ1) is 7.32. The summed E-state index contributed by atoms with van der Waals surface area (Å²) in [5.41, 5.74) is -0.291. The molecule has 0 heterocycles. The molecule has 0 aromatic rings. The number of nitrogens with zero attached hydrogens (tertiary/aromatic N) is 1. The number of rotatable bonds is 5. The van der Waals surface area contributed by atoms with Gasteiger partial charge < -0.3 is 9.64 Å². The molecule has 0 N–H and O–H groups in total. The molecule has 0 unspecified atom stereocenters. The third-order valence-corrected chi connectivity index (χ3v) is 2.79. The number of hydrogen-bond donors (Lipinski definition) is 0. The maximum absolute atomic E-state index is 11.6. The maximum Gasteiger partial charge on any atom is 0.259 e. The zero-order valence-corrected chi connectivity index (χ0v) is 11.8. The van der Waals surface area contributed by atoms with Crippen molar-refractivity contribution >= 4 is 23.2 Å². The number of hydrogen-bond acceptors (Lipinski definition) is 3. The highest BCUT2D eigenvalue weighted by Crippen LogP contribution is 2.16. The van der Waals surface area contributed by atoms with Gasteiger partial charge in [-0.15, -0.1) is 0 Å². The molecule has 0 saturated carbocycles. The Morgan fingerprint density at radius 1 is 1.25 bits per heavy atom. The largest absolute Gasteiger partial charge is 0.470 e. The average Bonchev–Trinajstić information content (AvgIpc) is 2.18. The molecule has 0 aliphatic carbocycles. The molecule has 94 valence electrons. The first-order valence-corrected chi connectivity index (χ1v) is 6.18. The Balaban J connectivity index is 3.91. The number of carbonyl (C=O) groups is 1. The van der Waals surface area contributed by atoms with Crippen LogP contribution >= 0.6 is 12.2 Å². The molecule has 4 heteroatoms. The van der Waals surface area contributed by atoms with Crippen molar-refractivity contribution in [2.45, 2.75) is 41.0 Å². The van der Waals surface area contributed by atoms with Crippen LogP contribution in [-0.4, -0.2) is 35.6 Å². The zero-order chi connectivity index (χ0) is 12.8. The second kappa shape index (κ2) is 6.84. The normalized spacial score (nSPS) is 11.1. The van der Waals surface area contributed by atoms with Crippen molar-refractivity contribution in [1.82, 2.24) is 4.90 Å². The van der Waals surface area contributed by atoms with Crippen LogP contribution in [0.4, 0.5) is 0 Å². The minimum atomic E-state index is -0.291. The van der Waals surface area contributed by atoms with Gasteiger partial charge in [-0.25, -0.2) is 0 Å². The van der Waals surface area contributed by atoms with E-state index in [0.717, 1.165) is 13.1 Å². The number of thiocarbonyl (C=S) groups is 1. The molecule has 0 fully saturated rings. The van der Waals surface area contributed by atoms with E-state index >= 15 is 0 Å². The van der Waals surface area contributed by atoms with Gasteiger partial charge in [0.25, 0.3) is 5.17 Å². The van der Waals surface area contributed by atoms with Gasteiger partial charge in [-0.1, -0.05) is 20.8 Å². The predicted molar refractivity (Wildman–Crippen MR) is 70.6 cm³/mol. The fourth-order valence-corrected chi connectivity index (χ4v) is 1.52. The van der Waals surface area contributed by atoms with Crippen LogP contribution in [0.25, 0.3) is 0 Å². The molecule has 16 heavy (non-hydrogen) atoms. The molecule has 0 aliphatic rings. The van der Waals surface area contributed by atoms with Gasteiger partial charge in [-0.2, -0.15) is 0 Å². The van der Waals surface area contributed by atoms with Crippen LogP contribution < -0.4 is 0 Å². The quantitative estimate of drug-likeness (QED) is 0.696. The summed E-state index contributed by atoms with van der Waals surface area (Å²) >= 11 is 5.11. The van der Waals surface area contributed by atoms with Crippen molar-refractivity contribution in [3.05, 3.63) is 0 Å². The number of Topliss-reactive ketones (excluding diaryl/α,β-unsaturated/α-hetero) is 1. The highest BCUT2D eigenvalue weighted by molar-refractivity contribution is 7.80. The minimum absolute atomic E-state index is 0.204. The van der Waals surface area contributed by atoms with Crippen LogP contribution in [0, 0.1) is 5.41 Å². The lowest BCUT2D eigenvalue weighted by molar-refractivity contribution is -0.126. The SMILES string of the molecule is CCN(CC)C(=S)OCCC(=O)C(C)(C)C. The van der Waals surface area contributed by atoms with Crippen LogP contribution in [0.2, 0.25) is 0 Å². The molecule has 0 bridgehead atoms. The molecule has 0 aromatic carbocycles. The van der Waals surface area contributed by atoms with E-state index in [-0.39, 0.29) is 11.2 Å². The van der Waals surface area contributed by atoms with Crippen LogP contribution in [0.1, 0.15) is 41.0 Å². The summed E-state index contributed by atoms with van der Waals surface area (Å²) < 4.78 is 5.39. The molecule has 0 atom stereocenters. The van der Waals surface area contributed by atoms with E-state index in [4.69, 9.17) is 17.0 Å². The Morgan fingerprint density at radius 3 is 2.12 bits per heavy atom. The Kier molecular flexibility index (Phi) is 6.56. The Morgan fingerprint density at radius 2 is 1.75 bits per heavy atom. The van der Waals surface area contributed by atoms with Gasteiger partial charge in [0.05, 0.1) is 6.61 Å². The summed E-state index contributed by atoms with van der Waals surface area (Å²) in [4.78, 5) is 13.6. The van der Waals surface area contributed by atoms with Crippen LogP contribution in [0.15, 0.2) is 0 Å². The van der Waals surface area contributed by atoms with E-state index in [9.17, 15) is 4.79 Å². The highest BCUT2D eigenvalue weighted by atomic mass is 32.1. The first kappa shape index (κ1) is 15.4. The van der Waals surface area contributed by atoms with Gasteiger partial charge in [0.2, 0.25) is 0 Å². The van der Waals surface area contributed by atoms with Gasteiger partial charge in [0.15, 0.2) is 0 Å². The summed E-state index contributed by atoms with van der Waals surface area (Å²) in [5.74, 6) is 0.204. The first-order valence-electron chi connectivity index (χ1n) is 5.77. The van der Waals surface area contributed by atoms with Gasteiger partial charge >= 0.3 is 0 Å². The monoisotopic (exact) mass is 245 g/mol. The number of carbonyl (C=O) groups excluding carboxylic acids is 1. The Hall–Kier alpha value is -0.640. The van der Waals surface area contributed by atoms with Crippen molar-refractivity contribution in [3.8, 4) is 0 Å². The van der Waals surface area contributed by atoms with E-state index in [1.54, 1.807) is 0 Å². The lowest BCUT2D eigenvalue weighted by Gasteiger charge is -2.22. The predicted octanol–water partition coefficient (Wildman–Crippen LogP) is 2.64. The summed E-state index contributed by atoms with van der Waals surface area (Å²) in [6.07, 6.45) is 0.422. The standard InChI is InChI=1S/C12H23NO2S/c1-6-13(7-2)11(16)15-9-8-10(14)12(3,4)5/h6-9H2,1-5H3. The van der Waals surface area contributed by atoms with Crippen LogP contribution in [-0.2, 0) is 9.53 Å². The zero-order valence-electron chi connectivity index (χ0n) is 11.0. The molecule has 0 aromatic heterocycles. The molecule has 0 aliphatic heterocycles. The van der Waals surface area contributed by atoms with Crippen molar-refractivity contribution in [1.29, 1.82) is 0 Å². The van der Waals surface area contributed by atoms with Crippen LogP contribution in [0.5, 0.6) is 0 Å². The third-order valence-electron chi connectivity index (χ3n) is 2.41. The summed E-state index contributed by atoms with van der Waals surface area (Å²) in [5, 5.41) is 0.492. The molecule has 0 spiro atoms. The lowest BCUT2D eigenvalue weighted by atomic mass is 9.89. The maximum atomic E-state index is 11.6.